The van der Waals surface area contributed by atoms with Crippen LogP contribution < -0.4 is 10.2 Å². The van der Waals surface area contributed by atoms with Gasteiger partial charge in [-0.2, -0.15) is 13.2 Å². The fourth-order valence-electron chi connectivity index (χ4n) is 3.01. The quantitative estimate of drug-likeness (QED) is 0.577. The van der Waals surface area contributed by atoms with Crippen LogP contribution in [-0.4, -0.2) is 43.0 Å². The summed E-state index contributed by atoms with van der Waals surface area (Å²) in [6.45, 7) is 1.10. The number of esters is 1. The number of amides is 3. The Labute approximate surface area is 174 Å². The molecular formula is C21H17F3N2O5. The first kappa shape index (κ1) is 22.0. The Kier molecular flexibility index (Phi) is 5.83. The van der Waals surface area contributed by atoms with Crippen LogP contribution in [0.2, 0.25) is 0 Å². The topological polar surface area (TPSA) is 92.8 Å². The van der Waals surface area contributed by atoms with Crippen LogP contribution in [-0.2, 0) is 9.53 Å². The van der Waals surface area contributed by atoms with Gasteiger partial charge in [0.2, 0.25) is 0 Å². The maximum absolute atomic E-state index is 12.9. The van der Waals surface area contributed by atoms with Crippen molar-refractivity contribution >= 4 is 29.4 Å². The van der Waals surface area contributed by atoms with Crippen molar-refractivity contribution in [2.45, 2.75) is 20.0 Å². The molecule has 162 valence electrons. The van der Waals surface area contributed by atoms with Gasteiger partial charge in [0.05, 0.1) is 22.4 Å². The molecule has 10 heteroatoms. The summed E-state index contributed by atoms with van der Waals surface area (Å²) in [5.74, 6) is -3.30. The highest BCUT2D eigenvalue weighted by atomic mass is 19.4. The summed E-state index contributed by atoms with van der Waals surface area (Å²) in [6.07, 6.45) is -4.59. The number of aryl methyl sites for hydroxylation is 2. The standard InChI is InChI=1S/C21H17F3N2O5/c1-11-3-4-12(2)16(7-11)26-18(28)14-6-5-13(8-15(14)19(26)29)20(30)31-9-17(27)25-10-21(22,23)24/h3-8H,9-10H2,1-2H3,(H,25,27). The molecule has 1 aliphatic rings. The largest absolute Gasteiger partial charge is 0.452 e. The molecule has 7 nitrogen and oxygen atoms in total. The van der Waals surface area contributed by atoms with E-state index in [-0.39, 0.29) is 16.7 Å². The number of benzene rings is 2. The van der Waals surface area contributed by atoms with Gasteiger partial charge >= 0.3 is 12.1 Å². The lowest BCUT2D eigenvalue weighted by molar-refractivity contribution is -0.140. The first-order valence-electron chi connectivity index (χ1n) is 9.08. The predicted molar refractivity (Wildman–Crippen MR) is 103 cm³/mol. The highest BCUT2D eigenvalue weighted by Gasteiger charge is 2.38. The Morgan fingerprint density at radius 2 is 1.68 bits per heavy atom. The molecule has 2 aromatic rings. The van der Waals surface area contributed by atoms with Crippen molar-refractivity contribution in [3.8, 4) is 0 Å². The van der Waals surface area contributed by atoms with E-state index in [4.69, 9.17) is 4.74 Å². The van der Waals surface area contributed by atoms with Crippen molar-refractivity contribution in [1.29, 1.82) is 0 Å². The molecule has 3 rings (SSSR count). The Bertz CT molecular complexity index is 1090. The summed E-state index contributed by atoms with van der Waals surface area (Å²) >= 11 is 0. The van der Waals surface area contributed by atoms with Gasteiger partial charge in [-0.1, -0.05) is 12.1 Å². The SMILES string of the molecule is Cc1ccc(C)c(N2C(=O)c3ccc(C(=O)OCC(=O)NCC(F)(F)F)cc3C2=O)c1. The van der Waals surface area contributed by atoms with E-state index in [1.807, 2.05) is 13.0 Å². The van der Waals surface area contributed by atoms with E-state index in [1.54, 1.807) is 24.4 Å². The van der Waals surface area contributed by atoms with Gasteiger partial charge in [-0.3, -0.25) is 14.4 Å². The first-order valence-corrected chi connectivity index (χ1v) is 9.08. The third kappa shape index (κ3) is 4.73. The number of nitrogens with one attached hydrogen (secondary N) is 1. The van der Waals surface area contributed by atoms with Gasteiger partial charge in [0, 0.05) is 0 Å². The van der Waals surface area contributed by atoms with Gasteiger partial charge in [-0.15, -0.1) is 0 Å². The van der Waals surface area contributed by atoms with Crippen molar-refractivity contribution < 1.29 is 37.1 Å². The molecule has 1 heterocycles. The second-order valence-electron chi connectivity index (χ2n) is 6.96. The van der Waals surface area contributed by atoms with E-state index < -0.39 is 43.0 Å². The molecule has 0 saturated heterocycles. The molecule has 0 radical (unpaired) electrons. The molecule has 0 aliphatic carbocycles. The van der Waals surface area contributed by atoms with E-state index in [1.165, 1.54) is 12.1 Å². The number of ether oxygens (including phenoxy) is 1. The summed E-state index contributed by atoms with van der Waals surface area (Å²) in [5.41, 5.74) is 1.96. The normalized spacial score (nSPS) is 13.3. The molecule has 0 atom stereocenters. The third-order valence-corrected chi connectivity index (χ3v) is 4.55. The maximum Gasteiger partial charge on any atom is 0.405 e. The lowest BCUT2D eigenvalue weighted by Crippen LogP contribution is -2.36. The lowest BCUT2D eigenvalue weighted by Gasteiger charge is -2.17. The number of halogens is 3. The molecule has 0 spiro atoms. The zero-order chi connectivity index (χ0) is 22.9. The molecule has 1 aliphatic heterocycles. The zero-order valence-corrected chi connectivity index (χ0v) is 16.5. The molecule has 31 heavy (non-hydrogen) atoms. The molecule has 0 aromatic heterocycles. The molecule has 2 aromatic carbocycles. The Morgan fingerprint density at radius 1 is 1.00 bits per heavy atom. The third-order valence-electron chi connectivity index (χ3n) is 4.55. The van der Waals surface area contributed by atoms with Crippen LogP contribution in [0.1, 0.15) is 42.2 Å². The summed E-state index contributed by atoms with van der Waals surface area (Å²) in [7, 11) is 0. The van der Waals surface area contributed by atoms with Crippen molar-refractivity contribution in [2.24, 2.45) is 0 Å². The second-order valence-corrected chi connectivity index (χ2v) is 6.96. The molecule has 1 N–H and O–H groups in total. The highest BCUT2D eigenvalue weighted by molar-refractivity contribution is 6.35. The average molecular weight is 434 g/mol. The molecule has 0 fully saturated rings. The molecule has 0 bridgehead atoms. The van der Waals surface area contributed by atoms with Gasteiger partial charge in [0.1, 0.15) is 6.54 Å². The Balaban J connectivity index is 1.75. The van der Waals surface area contributed by atoms with Crippen LogP contribution in [0.4, 0.5) is 18.9 Å². The van der Waals surface area contributed by atoms with Crippen LogP contribution in [0.5, 0.6) is 0 Å². The highest BCUT2D eigenvalue weighted by Crippen LogP contribution is 2.31. The number of anilines is 1. The zero-order valence-electron chi connectivity index (χ0n) is 16.5. The van der Waals surface area contributed by atoms with Crippen LogP contribution in [0.15, 0.2) is 36.4 Å². The summed E-state index contributed by atoms with van der Waals surface area (Å²) in [6, 6.07) is 9.02. The number of hydrogen-bond acceptors (Lipinski definition) is 5. The van der Waals surface area contributed by atoms with E-state index in [9.17, 15) is 32.3 Å². The average Bonchev–Trinajstić information content (AvgIpc) is 2.95. The number of carbonyl (C=O) groups is 4. The van der Waals surface area contributed by atoms with E-state index in [0.717, 1.165) is 16.5 Å². The van der Waals surface area contributed by atoms with Crippen molar-refractivity contribution in [1.82, 2.24) is 5.32 Å². The molecular weight excluding hydrogens is 417 g/mol. The van der Waals surface area contributed by atoms with Gasteiger partial charge in [-0.05, 0) is 49.2 Å². The van der Waals surface area contributed by atoms with Gasteiger partial charge in [0.25, 0.3) is 17.7 Å². The van der Waals surface area contributed by atoms with Crippen molar-refractivity contribution in [2.75, 3.05) is 18.1 Å². The van der Waals surface area contributed by atoms with Crippen LogP contribution in [0.25, 0.3) is 0 Å². The summed E-state index contributed by atoms with van der Waals surface area (Å²) in [5, 5.41) is 1.57. The number of hydrogen-bond donors (Lipinski definition) is 1. The minimum atomic E-state index is -4.59. The number of carbonyl (C=O) groups excluding carboxylic acids is 4. The van der Waals surface area contributed by atoms with Crippen molar-refractivity contribution in [3.05, 3.63) is 64.2 Å². The minimum Gasteiger partial charge on any atom is -0.452 e. The Hall–Kier alpha value is -3.69. The molecule has 3 amide bonds. The fraction of sp³-hybridized carbons (Fsp3) is 0.238. The maximum atomic E-state index is 12.9. The molecule has 0 unspecified atom stereocenters. The van der Waals surface area contributed by atoms with Crippen LogP contribution >= 0.6 is 0 Å². The smallest absolute Gasteiger partial charge is 0.405 e. The number of fused-ring (bicyclic) bond motifs is 1. The fourth-order valence-corrected chi connectivity index (χ4v) is 3.01. The number of nitrogens with zero attached hydrogens (tertiary/aromatic N) is 1. The first-order chi connectivity index (χ1) is 14.5. The van der Waals surface area contributed by atoms with E-state index in [0.29, 0.717) is 11.3 Å². The van der Waals surface area contributed by atoms with Crippen LogP contribution in [0, 0.1) is 13.8 Å². The second kappa shape index (κ2) is 8.21. The molecule has 0 saturated carbocycles. The van der Waals surface area contributed by atoms with E-state index in [2.05, 4.69) is 0 Å². The predicted octanol–water partition coefficient (Wildman–Crippen LogP) is 2.94. The van der Waals surface area contributed by atoms with E-state index >= 15 is 0 Å². The number of imide groups is 1. The number of rotatable bonds is 5. The summed E-state index contributed by atoms with van der Waals surface area (Å²) in [4.78, 5) is 50.2. The van der Waals surface area contributed by atoms with Gasteiger partial charge in [0.15, 0.2) is 6.61 Å². The number of alkyl halides is 3. The summed E-state index contributed by atoms with van der Waals surface area (Å²) < 4.78 is 41.0. The Morgan fingerprint density at radius 3 is 2.35 bits per heavy atom. The van der Waals surface area contributed by atoms with Crippen molar-refractivity contribution in [3.63, 3.8) is 0 Å². The van der Waals surface area contributed by atoms with Gasteiger partial charge < -0.3 is 10.1 Å². The van der Waals surface area contributed by atoms with Crippen LogP contribution in [0.3, 0.4) is 0 Å². The monoisotopic (exact) mass is 434 g/mol. The lowest BCUT2D eigenvalue weighted by atomic mass is 10.1. The van der Waals surface area contributed by atoms with Gasteiger partial charge in [-0.25, -0.2) is 9.69 Å². The minimum absolute atomic E-state index is 0.0121.